The maximum absolute atomic E-state index is 12.4. The molecule has 1 N–H and O–H groups in total. The molecule has 1 atom stereocenters. The fraction of sp³-hybridized carbons (Fsp3) is 0.375. The highest BCUT2D eigenvalue weighted by atomic mass is 35.5. The van der Waals surface area contributed by atoms with Crippen LogP contribution >= 0.6 is 34.5 Å². The molecule has 1 unspecified atom stereocenters. The molecule has 1 aliphatic rings. The zero-order chi connectivity index (χ0) is 18.9. The predicted molar refractivity (Wildman–Crippen MR) is 105 cm³/mol. The number of nitrogens with zero attached hydrogens (tertiary/aromatic N) is 2. The SMILES string of the molecule is CS(=O)(=O)N1CCCC1C(=O)Nc1ncc(Cc2cccc(Cl)c2Cl)s1. The van der Waals surface area contributed by atoms with Crippen molar-refractivity contribution in [3.05, 3.63) is 44.9 Å². The summed E-state index contributed by atoms with van der Waals surface area (Å²) in [6.45, 7) is 0.368. The number of hydrogen-bond acceptors (Lipinski definition) is 5. The molecule has 1 aromatic heterocycles. The van der Waals surface area contributed by atoms with Crippen LogP contribution in [0.25, 0.3) is 0 Å². The number of rotatable bonds is 5. The first-order chi connectivity index (χ1) is 12.3. The van der Waals surface area contributed by atoms with E-state index in [0.29, 0.717) is 41.0 Å². The molecular formula is C16H17Cl2N3O3S2. The third-order valence-electron chi connectivity index (χ3n) is 4.11. The standard InChI is InChI=1S/C16H17Cl2N3O3S2/c1-26(23,24)21-7-3-6-13(21)15(22)20-16-19-9-11(25-16)8-10-4-2-5-12(17)14(10)18/h2,4-5,9,13H,3,6-8H2,1H3,(H,19,20,22). The van der Waals surface area contributed by atoms with Crippen LogP contribution in [0.2, 0.25) is 10.0 Å². The first-order valence-electron chi connectivity index (χ1n) is 7.91. The van der Waals surface area contributed by atoms with Gasteiger partial charge < -0.3 is 5.32 Å². The van der Waals surface area contributed by atoms with Crippen LogP contribution in [0.4, 0.5) is 5.13 Å². The lowest BCUT2D eigenvalue weighted by molar-refractivity contribution is -0.119. The maximum atomic E-state index is 12.4. The van der Waals surface area contributed by atoms with Crippen LogP contribution in [0.5, 0.6) is 0 Å². The van der Waals surface area contributed by atoms with Gasteiger partial charge in [-0.2, -0.15) is 4.31 Å². The molecule has 26 heavy (non-hydrogen) atoms. The Morgan fingerprint density at radius 2 is 2.19 bits per heavy atom. The average Bonchev–Trinajstić information content (AvgIpc) is 3.20. The zero-order valence-corrected chi connectivity index (χ0v) is 17.1. The largest absolute Gasteiger partial charge is 0.301 e. The van der Waals surface area contributed by atoms with Crippen LogP contribution in [0, 0.1) is 0 Å². The summed E-state index contributed by atoms with van der Waals surface area (Å²) in [5, 5.41) is 4.15. The molecule has 3 rings (SSSR count). The summed E-state index contributed by atoms with van der Waals surface area (Å²) in [7, 11) is -3.41. The van der Waals surface area contributed by atoms with Gasteiger partial charge in [0.1, 0.15) is 6.04 Å². The molecule has 6 nitrogen and oxygen atoms in total. The second-order valence-electron chi connectivity index (χ2n) is 6.04. The quantitative estimate of drug-likeness (QED) is 0.783. The van der Waals surface area contributed by atoms with Gasteiger partial charge in [0.05, 0.1) is 16.3 Å². The van der Waals surface area contributed by atoms with Gasteiger partial charge in [-0.3, -0.25) is 4.79 Å². The number of halogens is 2. The molecule has 2 aromatic rings. The van der Waals surface area contributed by atoms with Crippen molar-refractivity contribution in [1.82, 2.24) is 9.29 Å². The van der Waals surface area contributed by atoms with Gasteiger partial charge in [0.2, 0.25) is 15.9 Å². The minimum Gasteiger partial charge on any atom is -0.301 e. The average molecular weight is 434 g/mol. The topological polar surface area (TPSA) is 79.4 Å². The summed E-state index contributed by atoms with van der Waals surface area (Å²) in [5.74, 6) is -0.352. The van der Waals surface area contributed by atoms with E-state index in [2.05, 4.69) is 10.3 Å². The summed E-state index contributed by atoms with van der Waals surface area (Å²) in [4.78, 5) is 17.6. The van der Waals surface area contributed by atoms with E-state index in [0.717, 1.165) is 16.7 Å². The van der Waals surface area contributed by atoms with E-state index >= 15 is 0 Å². The summed E-state index contributed by atoms with van der Waals surface area (Å²) in [5.41, 5.74) is 0.875. The van der Waals surface area contributed by atoms with Crippen LogP contribution in [0.15, 0.2) is 24.4 Å². The number of nitrogens with one attached hydrogen (secondary N) is 1. The molecule has 10 heteroatoms. The second kappa shape index (κ2) is 7.82. The van der Waals surface area contributed by atoms with Crippen LogP contribution in [-0.2, 0) is 21.2 Å². The van der Waals surface area contributed by atoms with Crippen molar-refractivity contribution in [3.8, 4) is 0 Å². The van der Waals surface area contributed by atoms with E-state index in [-0.39, 0.29) is 5.91 Å². The maximum Gasteiger partial charge on any atom is 0.244 e. The Hall–Kier alpha value is -1.19. The van der Waals surface area contributed by atoms with Gasteiger partial charge in [-0.15, -0.1) is 11.3 Å². The minimum atomic E-state index is -3.41. The zero-order valence-electron chi connectivity index (χ0n) is 13.9. The number of benzene rings is 1. The Labute approximate surface area is 166 Å². The van der Waals surface area contributed by atoms with Gasteiger partial charge in [-0.05, 0) is 24.5 Å². The fourth-order valence-corrected chi connectivity index (χ4v) is 5.26. The van der Waals surface area contributed by atoms with Crippen molar-refractivity contribution in [2.45, 2.75) is 25.3 Å². The Morgan fingerprint density at radius 1 is 1.42 bits per heavy atom. The molecule has 1 saturated heterocycles. The number of carbonyl (C=O) groups excluding carboxylic acids is 1. The number of sulfonamides is 1. The molecular weight excluding hydrogens is 417 g/mol. The molecule has 0 bridgehead atoms. The molecule has 0 spiro atoms. The highest BCUT2D eigenvalue weighted by molar-refractivity contribution is 7.88. The first kappa shape index (κ1) is 19.6. The molecule has 1 amide bonds. The normalized spacial score (nSPS) is 18.2. The van der Waals surface area contributed by atoms with Gasteiger partial charge in [0.15, 0.2) is 5.13 Å². The van der Waals surface area contributed by atoms with Crippen molar-refractivity contribution in [2.75, 3.05) is 18.1 Å². The minimum absolute atomic E-state index is 0.352. The third kappa shape index (κ3) is 4.37. The highest BCUT2D eigenvalue weighted by Crippen LogP contribution is 2.30. The lowest BCUT2D eigenvalue weighted by Gasteiger charge is -2.20. The molecule has 0 aliphatic carbocycles. The lowest BCUT2D eigenvalue weighted by Crippen LogP contribution is -2.42. The molecule has 1 aromatic carbocycles. The number of hydrogen-bond donors (Lipinski definition) is 1. The Kier molecular flexibility index (Phi) is 5.88. The van der Waals surface area contributed by atoms with Crippen molar-refractivity contribution in [1.29, 1.82) is 0 Å². The van der Waals surface area contributed by atoms with Crippen LogP contribution in [0.3, 0.4) is 0 Å². The second-order valence-corrected chi connectivity index (χ2v) is 9.88. The Bertz CT molecular complexity index is 931. The number of anilines is 1. The first-order valence-corrected chi connectivity index (χ1v) is 11.3. The Morgan fingerprint density at radius 3 is 2.92 bits per heavy atom. The van der Waals surface area contributed by atoms with Gasteiger partial charge >= 0.3 is 0 Å². The molecule has 140 valence electrons. The number of carbonyl (C=O) groups is 1. The number of amides is 1. The number of aromatic nitrogens is 1. The molecule has 1 aliphatic heterocycles. The van der Waals surface area contributed by atoms with E-state index in [9.17, 15) is 13.2 Å². The van der Waals surface area contributed by atoms with Gasteiger partial charge in [0, 0.05) is 24.0 Å². The van der Waals surface area contributed by atoms with Gasteiger partial charge in [-0.25, -0.2) is 13.4 Å². The summed E-state index contributed by atoms with van der Waals surface area (Å²) < 4.78 is 24.8. The van der Waals surface area contributed by atoms with Gasteiger partial charge in [0.25, 0.3) is 0 Å². The summed E-state index contributed by atoms with van der Waals surface area (Å²) >= 11 is 13.5. The van der Waals surface area contributed by atoms with Crippen molar-refractivity contribution >= 4 is 55.6 Å². The molecule has 0 saturated carbocycles. The molecule has 2 heterocycles. The van der Waals surface area contributed by atoms with E-state index < -0.39 is 16.1 Å². The predicted octanol–water partition coefficient (Wildman–Crippen LogP) is 3.40. The van der Waals surface area contributed by atoms with Crippen LogP contribution < -0.4 is 5.32 Å². The Balaban J connectivity index is 1.68. The monoisotopic (exact) mass is 433 g/mol. The summed E-state index contributed by atoms with van der Waals surface area (Å²) in [6.07, 6.45) is 4.51. The molecule has 0 radical (unpaired) electrons. The van der Waals surface area contributed by atoms with Crippen molar-refractivity contribution in [3.63, 3.8) is 0 Å². The van der Waals surface area contributed by atoms with E-state index in [1.54, 1.807) is 12.3 Å². The van der Waals surface area contributed by atoms with E-state index in [4.69, 9.17) is 23.2 Å². The van der Waals surface area contributed by atoms with Crippen LogP contribution in [-0.4, -0.2) is 42.5 Å². The number of thiazole rings is 1. The van der Waals surface area contributed by atoms with Crippen molar-refractivity contribution < 1.29 is 13.2 Å². The van der Waals surface area contributed by atoms with Crippen LogP contribution in [0.1, 0.15) is 23.3 Å². The fourth-order valence-electron chi connectivity index (χ4n) is 2.91. The summed E-state index contributed by atoms with van der Waals surface area (Å²) in [6, 6.07) is 4.75. The van der Waals surface area contributed by atoms with Gasteiger partial charge in [-0.1, -0.05) is 35.3 Å². The molecule has 1 fully saturated rings. The highest BCUT2D eigenvalue weighted by Gasteiger charge is 2.36. The van der Waals surface area contributed by atoms with E-state index in [1.807, 2.05) is 12.1 Å². The third-order valence-corrected chi connectivity index (χ3v) is 7.17. The van der Waals surface area contributed by atoms with E-state index in [1.165, 1.54) is 15.6 Å². The van der Waals surface area contributed by atoms with Crippen molar-refractivity contribution in [2.24, 2.45) is 0 Å². The smallest absolute Gasteiger partial charge is 0.244 e. The lowest BCUT2D eigenvalue weighted by atomic mass is 10.1.